The molecule has 0 saturated carbocycles. The van der Waals surface area contributed by atoms with E-state index in [1.807, 2.05) is 29.3 Å². The van der Waals surface area contributed by atoms with Gasteiger partial charge in [0.1, 0.15) is 6.10 Å². The molecule has 0 aliphatic carbocycles. The molecular formula is C26H33N5O3. The number of carboxylic acid groups (broad SMARTS) is 1. The number of hydrogen-bond donors (Lipinski definition) is 2. The minimum Gasteiger partial charge on any atom is -0.480 e. The van der Waals surface area contributed by atoms with E-state index in [0.717, 1.165) is 75.4 Å². The van der Waals surface area contributed by atoms with Gasteiger partial charge in [0.25, 0.3) is 0 Å². The van der Waals surface area contributed by atoms with Gasteiger partial charge in [-0.05, 0) is 36.1 Å². The highest BCUT2D eigenvalue weighted by Crippen LogP contribution is 2.18. The zero-order valence-electron chi connectivity index (χ0n) is 19.5. The molecule has 180 valence electrons. The number of rotatable bonds is 10. The fourth-order valence-electron chi connectivity index (χ4n) is 4.33. The minimum atomic E-state index is -0.762. The summed E-state index contributed by atoms with van der Waals surface area (Å²) in [5.41, 5.74) is 7.47. The van der Waals surface area contributed by atoms with Crippen molar-refractivity contribution in [3.63, 3.8) is 0 Å². The molecule has 2 aromatic rings. The number of carbonyl (C=O) groups is 1. The highest BCUT2D eigenvalue weighted by Gasteiger charge is 2.26. The van der Waals surface area contributed by atoms with Gasteiger partial charge >= 0.3 is 5.97 Å². The number of aliphatic carboxylic acids is 1. The first kappa shape index (κ1) is 23.9. The lowest BCUT2D eigenvalue weighted by atomic mass is 10.0. The van der Waals surface area contributed by atoms with Crippen molar-refractivity contribution in [3.05, 3.63) is 71.3 Å². The van der Waals surface area contributed by atoms with Crippen molar-refractivity contribution in [2.45, 2.75) is 25.4 Å². The Bertz CT molecular complexity index is 978. The Hall–Kier alpha value is -3.23. The van der Waals surface area contributed by atoms with Crippen LogP contribution in [0.3, 0.4) is 0 Å². The number of hydrazone groups is 1. The highest BCUT2D eigenvalue weighted by molar-refractivity contribution is 6.01. The van der Waals surface area contributed by atoms with Gasteiger partial charge in [0.05, 0.1) is 18.5 Å². The standard InChI is InChI=1S/C26H33N5O3/c32-26(33)20-31-14-4-13-30(15-16-31)19-24-17-25(29-34-24)23-9-7-22(8-10-23)18-28-27-12-11-21-5-2-1-3-6-21/h1-3,5-10,18,24,27H,4,11-17,19-20H2,(H,32,33). The highest BCUT2D eigenvalue weighted by atomic mass is 16.6. The van der Waals surface area contributed by atoms with Crippen LogP contribution in [0.5, 0.6) is 0 Å². The average Bonchev–Trinajstić information content (AvgIpc) is 3.20. The molecule has 4 rings (SSSR count). The molecule has 2 N–H and O–H groups in total. The summed E-state index contributed by atoms with van der Waals surface area (Å²) in [6, 6.07) is 18.6. The van der Waals surface area contributed by atoms with E-state index in [9.17, 15) is 4.79 Å². The van der Waals surface area contributed by atoms with E-state index < -0.39 is 5.97 Å². The Morgan fingerprint density at radius 3 is 2.65 bits per heavy atom. The molecule has 0 spiro atoms. The van der Waals surface area contributed by atoms with Crippen LogP contribution in [0.15, 0.2) is 64.9 Å². The van der Waals surface area contributed by atoms with Crippen molar-refractivity contribution in [2.75, 3.05) is 45.8 Å². The molecule has 0 aromatic heterocycles. The van der Waals surface area contributed by atoms with Crippen molar-refractivity contribution >= 4 is 17.9 Å². The van der Waals surface area contributed by atoms with Crippen LogP contribution < -0.4 is 5.43 Å². The van der Waals surface area contributed by atoms with Crippen molar-refractivity contribution in [2.24, 2.45) is 10.3 Å². The lowest BCUT2D eigenvalue weighted by Gasteiger charge is -2.22. The summed E-state index contributed by atoms with van der Waals surface area (Å²) in [7, 11) is 0. The van der Waals surface area contributed by atoms with Gasteiger partial charge in [-0.1, -0.05) is 59.8 Å². The summed E-state index contributed by atoms with van der Waals surface area (Å²) in [5, 5.41) is 17.7. The van der Waals surface area contributed by atoms with Crippen molar-refractivity contribution in [1.82, 2.24) is 15.2 Å². The van der Waals surface area contributed by atoms with Gasteiger partial charge in [-0.2, -0.15) is 5.10 Å². The van der Waals surface area contributed by atoms with Crippen LogP contribution in [0.25, 0.3) is 0 Å². The predicted molar refractivity (Wildman–Crippen MR) is 133 cm³/mol. The predicted octanol–water partition coefficient (Wildman–Crippen LogP) is 2.44. The van der Waals surface area contributed by atoms with Gasteiger partial charge in [0, 0.05) is 39.1 Å². The number of carboxylic acids is 1. The molecule has 2 aromatic carbocycles. The number of hydrogen-bond acceptors (Lipinski definition) is 7. The Balaban J connectivity index is 1.18. The molecular weight excluding hydrogens is 430 g/mol. The topological polar surface area (TPSA) is 89.8 Å². The summed E-state index contributed by atoms with van der Waals surface area (Å²) in [5.74, 6) is -0.762. The molecule has 1 unspecified atom stereocenters. The Morgan fingerprint density at radius 1 is 1.09 bits per heavy atom. The molecule has 0 amide bonds. The van der Waals surface area contributed by atoms with E-state index in [1.54, 1.807) is 0 Å². The first-order valence-corrected chi connectivity index (χ1v) is 12.0. The van der Waals surface area contributed by atoms with Crippen LogP contribution in [-0.4, -0.2) is 84.7 Å². The first-order valence-electron chi connectivity index (χ1n) is 12.0. The van der Waals surface area contributed by atoms with E-state index in [2.05, 4.69) is 57.0 Å². The molecule has 2 aliphatic rings. The molecule has 8 nitrogen and oxygen atoms in total. The van der Waals surface area contributed by atoms with Crippen LogP contribution in [0, 0.1) is 0 Å². The van der Waals surface area contributed by atoms with Gasteiger partial charge in [-0.25, -0.2) is 0 Å². The van der Waals surface area contributed by atoms with Crippen LogP contribution >= 0.6 is 0 Å². The van der Waals surface area contributed by atoms with Crippen LogP contribution in [0.2, 0.25) is 0 Å². The summed E-state index contributed by atoms with van der Waals surface area (Å²) < 4.78 is 0. The SMILES string of the molecule is O=C(O)CN1CCCN(CC2CC(c3ccc(C=NNCCc4ccccc4)cc3)=NO2)CC1. The lowest BCUT2D eigenvalue weighted by Crippen LogP contribution is -2.37. The fraction of sp³-hybridized carbons (Fsp3) is 0.423. The minimum absolute atomic E-state index is 0.0380. The quantitative estimate of drug-likeness (QED) is 0.320. The largest absolute Gasteiger partial charge is 0.480 e. The number of nitrogens with one attached hydrogen (secondary N) is 1. The molecule has 1 atom stereocenters. The van der Waals surface area contributed by atoms with Gasteiger partial charge < -0.3 is 15.4 Å². The van der Waals surface area contributed by atoms with E-state index in [-0.39, 0.29) is 12.6 Å². The lowest BCUT2D eigenvalue weighted by molar-refractivity contribution is -0.138. The molecule has 1 saturated heterocycles. The molecule has 8 heteroatoms. The number of nitrogens with zero attached hydrogens (tertiary/aromatic N) is 4. The van der Waals surface area contributed by atoms with Crippen LogP contribution in [0.4, 0.5) is 0 Å². The van der Waals surface area contributed by atoms with E-state index in [1.165, 1.54) is 5.56 Å². The average molecular weight is 464 g/mol. The molecule has 34 heavy (non-hydrogen) atoms. The Morgan fingerprint density at radius 2 is 1.85 bits per heavy atom. The van der Waals surface area contributed by atoms with Crippen molar-refractivity contribution < 1.29 is 14.7 Å². The third kappa shape index (κ3) is 7.40. The molecule has 2 aliphatic heterocycles. The van der Waals surface area contributed by atoms with Gasteiger partial charge in [-0.3, -0.25) is 14.6 Å². The smallest absolute Gasteiger partial charge is 0.317 e. The first-order chi connectivity index (χ1) is 16.7. The van der Waals surface area contributed by atoms with Gasteiger partial charge in [0.2, 0.25) is 0 Å². The van der Waals surface area contributed by atoms with Gasteiger partial charge in [0.15, 0.2) is 0 Å². The Kier molecular flexibility index (Phi) is 8.65. The molecule has 0 bridgehead atoms. The second-order valence-electron chi connectivity index (χ2n) is 8.82. The second-order valence-corrected chi connectivity index (χ2v) is 8.82. The van der Waals surface area contributed by atoms with E-state index in [4.69, 9.17) is 9.94 Å². The Labute approximate surface area is 200 Å². The third-order valence-corrected chi connectivity index (χ3v) is 6.15. The molecule has 0 radical (unpaired) electrons. The van der Waals surface area contributed by atoms with E-state index >= 15 is 0 Å². The summed E-state index contributed by atoms with van der Waals surface area (Å²) in [6.07, 6.45) is 4.56. The third-order valence-electron chi connectivity index (χ3n) is 6.15. The zero-order chi connectivity index (χ0) is 23.6. The maximum atomic E-state index is 11.0. The summed E-state index contributed by atoms with van der Waals surface area (Å²) in [4.78, 5) is 21.0. The summed E-state index contributed by atoms with van der Waals surface area (Å²) in [6.45, 7) is 5.14. The van der Waals surface area contributed by atoms with Crippen LogP contribution in [-0.2, 0) is 16.1 Å². The van der Waals surface area contributed by atoms with Crippen LogP contribution in [0.1, 0.15) is 29.5 Å². The maximum Gasteiger partial charge on any atom is 0.317 e. The maximum absolute atomic E-state index is 11.0. The number of benzene rings is 2. The normalized spacial score (nSPS) is 19.5. The number of oxime groups is 1. The monoisotopic (exact) mass is 463 g/mol. The van der Waals surface area contributed by atoms with E-state index in [0.29, 0.717) is 0 Å². The van der Waals surface area contributed by atoms with Crippen molar-refractivity contribution in [3.8, 4) is 0 Å². The second kappa shape index (κ2) is 12.3. The van der Waals surface area contributed by atoms with Crippen molar-refractivity contribution in [1.29, 1.82) is 0 Å². The van der Waals surface area contributed by atoms with Gasteiger partial charge in [-0.15, -0.1) is 0 Å². The summed E-state index contributed by atoms with van der Waals surface area (Å²) >= 11 is 0. The molecule has 1 fully saturated rings. The molecule has 2 heterocycles. The fourth-order valence-corrected chi connectivity index (χ4v) is 4.33. The zero-order valence-corrected chi connectivity index (χ0v) is 19.5.